The molecule has 1 aromatic carbocycles. The fraction of sp³-hybridized carbons (Fsp3) is 0.0909. The van der Waals surface area contributed by atoms with Crippen molar-refractivity contribution >= 4 is 12.2 Å². The van der Waals surface area contributed by atoms with Gasteiger partial charge in [-0.15, -0.1) is 10.2 Å². The minimum Gasteiger partial charge on any atom is -0.497 e. The molecule has 0 atom stereocenters. The standard InChI is InChI=1S/C11H10N4O3/c1-18-8-4-2-7(3-5-8)15-13-9(6-16)10(14-15)11(12)17/h2-6H,1H3,(H2,12,17). The van der Waals surface area contributed by atoms with Gasteiger partial charge in [0, 0.05) is 0 Å². The van der Waals surface area contributed by atoms with E-state index in [1.807, 2.05) is 0 Å². The van der Waals surface area contributed by atoms with E-state index in [1.54, 1.807) is 31.4 Å². The minimum absolute atomic E-state index is 0.0849. The first-order valence-corrected chi connectivity index (χ1v) is 5.02. The van der Waals surface area contributed by atoms with Gasteiger partial charge in [-0.3, -0.25) is 9.59 Å². The number of aromatic nitrogens is 3. The topological polar surface area (TPSA) is 100 Å². The van der Waals surface area contributed by atoms with E-state index < -0.39 is 5.91 Å². The second-order valence-corrected chi connectivity index (χ2v) is 3.40. The molecule has 2 aromatic rings. The molecule has 2 rings (SSSR count). The summed E-state index contributed by atoms with van der Waals surface area (Å²) in [5.74, 6) is -0.117. The number of hydrogen-bond donors (Lipinski definition) is 1. The monoisotopic (exact) mass is 246 g/mol. The highest BCUT2D eigenvalue weighted by Gasteiger charge is 2.15. The summed E-state index contributed by atoms with van der Waals surface area (Å²) >= 11 is 0. The second-order valence-electron chi connectivity index (χ2n) is 3.40. The minimum atomic E-state index is -0.795. The summed E-state index contributed by atoms with van der Waals surface area (Å²) in [5, 5.41) is 7.74. The largest absolute Gasteiger partial charge is 0.497 e. The van der Waals surface area contributed by atoms with Gasteiger partial charge in [-0.2, -0.15) is 4.80 Å². The molecule has 0 aliphatic carbocycles. The molecule has 1 heterocycles. The highest BCUT2D eigenvalue weighted by molar-refractivity contribution is 5.97. The molecule has 7 heteroatoms. The van der Waals surface area contributed by atoms with E-state index in [-0.39, 0.29) is 11.4 Å². The van der Waals surface area contributed by atoms with E-state index >= 15 is 0 Å². The maximum Gasteiger partial charge on any atom is 0.271 e. The fourth-order valence-electron chi connectivity index (χ4n) is 1.40. The lowest BCUT2D eigenvalue weighted by Crippen LogP contribution is -2.14. The number of carbonyl (C=O) groups excluding carboxylic acids is 2. The molecule has 0 aliphatic heterocycles. The van der Waals surface area contributed by atoms with E-state index in [0.29, 0.717) is 17.7 Å². The predicted octanol–water partition coefficient (Wildman–Crippen LogP) is 0.187. The summed E-state index contributed by atoms with van der Waals surface area (Å²) in [7, 11) is 1.55. The summed E-state index contributed by atoms with van der Waals surface area (Å²) in [6.07, 6.45) is 0.438. The van der Waals surface area contributed by atoms with E-state index in [9.17, 15) is 9.59 Å². The zero-order valence-electron chi connectivity index (χ0n) is 9.53. The number of nitrogens with two attached hydrogens (primary N) is 1. The molecule has 0 spiro atoms. The Morgan fingerprint density at radius 1 is 1.33 bits per heavy atom. The van der Waals surface area contributed by atoms with Gasteiger partial charge in [0.15, 0.2) is 17.7 Å². The van der Waals surface area contributed by atoms with Gasteiger partial charge in [-0.05, 0) is 24.3 Å². The Labute approximate surface area is 102 Å². The summed E-state index contributed by atoms with van der Waals surface area (Å²) in [5.41, 5.74) is 5.45. The predicted molar refractivity (Wildman–Crippen MR) is 61.8 cm³/mol. The molecule has 0 fully saturated rings. The average Bonchev–Trinajstić information content (AvgIpc) is 2.83. The van der Waals surface area contributed by atoms with Crippen molar-refractivity contribution in [1.29, 1.82) is 0 Å². The third-order valence-electron chi connectivity index (χ3n) is 2.29. The number of rotatable bonds is 4. The molecular weight excluding hydrogens is 236 g/mol. The van der Waals surface area contributed by atoms with Crippen molar-refractivity contribution in [1.82, 2.24) is 15.0 Å². The van der Waals surface area contributed by atoms with Gasteiger partial charge >= 0.3 is 0 Å². The Kier molecular flexibility index (Phi) is 3.05. The second kappa shape index (κ2) is 4.66. The molecule has 0 radical (unpaired) electrons. The number of carbonyl (C=O) groups is 2. The van der Waals surface area contributed by atoms with Crippen LogP contribution in [0.15, 0.2) is 24.3 Å². The average molecular weight is 246 g/mol. The van der Waals surface area contributed by atoms with Crippen LogP contribution in [0.2, 0.25) is 0 Å². The first-order chi connectivity index (χ1) is 8.65. The Balaban J connectivity index is 2.44. The zero-order chi connectivity index (χ0) is 13.1. The van der Waals surface area contributed by atoms with Crippen molar-refractivity contribution in [3.8, 4) is 11.4 Å². The van der Waals surface area contributed by atoms with Crippen molar-refractivity contribution in [2.24, 2.45) is 5.73 Å². The maximum atomic E-state index is 11.1. The lowest BCUT2D eigenvalue weighted by atomic mass is 10.3. The van der Waals surface area contributed by atoms with Crippen molar-refractivity contribution in [3.05, 3.63) is 35.7 Å². The fourth-order valence-corrected chi connectivity index (χ4v) is 1.40. The third kappa shape index (κ3) is 2.05. The number of aldehydes is 1. The molecule has 0 unspecified atom stereocenters. The molecular formula is C11H10N4O3. The molecule has 0 saturated heterocycles. The van der Waals surface area contributed by atoms with Crippen LogP contribution in [0.3, 0.4) is 0 Å². The Morgan fingerprint density at radius 3 is 2.44 bits per heavy atom. The molecule has 0 aliphatic rings. The summed E-state index contributed by atoms with van der Waals surface area (Å²) in [4.78, 5) is 23.0. The first kappa shape index (κ1) is 11.8. The number of primary amides is 1. The molecule has 92 valence electrons. The van der Waals surface area contributed by atoms with Gasteiger partial charge in [0.1, 0.15) is 5.75 Å². The van der Waals surface area contributed by atoms with Crippen LogP contribution in [0.4, 0.5) is 0 Å². The van der Waals surface area contributed by atoms with Crippen molar-refractivity contribution in [3.63, 3.8) is 0 Å². The number of hydrogen-bond acceptors (Lipinski definition) is 5. The Bertz CT molecular complexity index is 589. The molecule has 2 N–H and O–H groups in total. The van der Waals surface area contributed by atoms with E-state index in [1.165, 1.54) is 4.80 Å². The quantitative estimate of drug-likeness (QED) is 0.776. The van der Waals surface area contributed by atoms with Crippen LogP contribution >= 0.6 is 0 Å². The molecule has 1 amide bonds. The van der Waals surface area contributed by atoms with Gasteiger partial charge in [0.05, 0.1) is 12.8 Å². The highest BCUT2D eigenvalue weighted by Crippen LogP contribution is 2.14. The highest BCUT2D eigenvalue weighted by atomic mass is 16.5. The molecule has 7 nitrogen and oxygen atoms in total. The Morgan fingerprint density at radius 2 is 2.00 bits per heavy atom. The van der Waals surface area contributed by atoms with Crippen LogP contribution in [0, 0.1) is 0 Å². The SMILES string of the molecule is COc1ccc(-n2nc(C=O)c(C(N)=O)n2)cc1. The van der Waals surface area contributed by atoms with E-state index in [4.69, 9.17) is 10.5 Å². The van der Waals surface area contributed by atoms with Gasteiger partial charge in [-0.1, -0.05) is 0 Å². The van der Waals surface area contributed by atoms with Gasteiger partial charge in [-0.25, -0.2) is 0 Å². The summed E-state index contributed by atoms with van der Waals surface area (Å²) < 4.78 is 5.01. The van der Waals surface area contributed by atoms with E-state index in [2.05, 4.69) is 10.2 Å². The third-order valence-corrected chi connectivity index (χ3v) is 2.29. The van der Waals surface area contributed by atoms with Gasteiger partial charge in [0.25, 0.3) is 5.91 Å². The van der Waals surface area contributed by atoms with E-state index in [0.717, 1.165) is 0 Å². The first-order valence-electron chi connectivity index (χ1n) is 5.02. The molecule has 18 heavy (non-hydrogen) atoms. The molecule has 0 saturated carbocycles. The molecule has 1 aromatic heterocycles. The van der Waals surface area contributed by atoms with Crippen molar-refractivity contribution < 1.29 is 14.3 Å². The normalized spacial score (nSPS) is 10.1. The van der Waals surface area contributed by atoms with Crippen molar-refractivity contribution in [2.75, 3.05) is 7.11 Å². The summed E-state index contributed by atoms with van der Waals surface area (Å²) in [6.45, 7) is 0. The number of amides is 1. The van der Waals surface area contributed by atoms with Crippen LogP contribution in [0.25, 0.3) is 5.69 Å². The van der Waals surface area contributed by atoms with Gasteiger partial charge < -0.3 is 10.5 Å². The lowest BCUT2D eigenvalue weighted by molar-refractivity contribution is 0.0988. The van der Waals surface area contributed by atoms with Crippen LogP contribution in [-0.2, 0) is 0 Å². The summed E-state index contributed by atoms with van der Waals surface area (Å²) in [6, 6.07) is 6.81. The molecule has 0 bridgehead atoms. The smallest absolute Gasteiger partial charge is 0.271 e. The van der Waals surface area contributed by atoms with Crippen molar-refractivity contribution in [2.45, 2.75) is 0 Å². The zero-order valence-corrected chi connectivity index (χ0v) is 9.53. The van der Waals surface area contributed by atoms with Gasteiger partial charge in [0.2, 0.25) is 0 Å². The number of nitrogens with zero attached hydrogens (tertiary/aromatic N) is 3. The maximum absolute atomic E-state index is 11.1. The Hall–Kier alpha value is -2.70. The van der Waals surface area contributed by atoms with Crippen LogP contribution in [0.1, 0.15) is 21.0 Å². The van der Waals surface area contributed by atoms with Crippen LogP contribution in [0.5, 0.6) is 5.75 Å². The van der Waals surface area contributed by atoms with Crippen LogP contribution in [-0.4, -0.2) is 34.3 Å². The number of methoxy groups -OCH3 is 1. The number of ether oxygens (including phenoxy) is 1. The van der Waals surface area contributed by atoms with Crippen LogP contribution < -0.4 is 10.5 Å². The lowest BCUT2D eigenvalue weighted by Gasteiger charge is -2.01. The number of benzene rings is 1.